The number of carbonyl (C=O) groups excluding carboxylic acids is 1. The molecule has 1 amide bonds. The van der Waals surface area contributed by atoms with Gasteiger partial charge in [-0.05, 0) is 59.5 Å². The lowest BCUT2D eigenvalue weighted by Gasteiger charge is -2.12. The molecule has 0 aliphatic heterocycles. The average Bonchev–Trinajstić information content (AvgIpc) is 2.73. The molecule has 0 saturated heterocycles. The summed E-state index contributed by atoms with van der Waals surface area (Å²) >= 11 is 6.05. The first-order valence-electron chi connectivity index (χ1n) is 8.78. The zero-order chi connectivity index (χ0) is 20.1. The lowest BCUT2D eigenvalue weighted by molar-refractivity contribution is 0.0950. The van der Waals surface area contributed by atoms with E-state index < -0.39 is 0 Å². The summed E-state index contributed by atoms with van der Waals surface area (Å²) in [4.78, 5) is 16.8. The topological polar surface area (TPSA) is 71.5 Å². The number of hydrogen-bond acceptors (Lipinski definition) is 4. The summed E-state index contributed by atoms with van der Waals surface area (Å²) in [5, 5.41) is 13.2. The SMILES string of the molecule is COc1cnccc1-c1cc(CO)cc(C(=O)NCc2ccc(Cl)c(C)c2)c1. The lowest BCUT2D eigenvalue weighted by atomic mass is 9.99. The van der Waals surface area contributed by atoms with Crippen molar-refractivity contribution in [2.45, 2.75) is 20.1 Å². The number of aliphatic hydroxyl groups is 1. The number of aromatic nitrogens is 1. The van der Waals surface area contributed by atoms with Crippen LogP contribution in [0.4, 0.5) is 0 Å². The Morgan fingerprint density at radius 1 is 1.18 bits per heavy atom. The van der Waals surface area contributed by atoms with E-state index in [1.807, 2.05) is 37.3 Å². The van der Waals surface area contributed by atoms with Crippen LogP contribution in [-0.4, -0.2) is 23.1 Å². The van der Waals surface area contributed by atoms with Crippen molar-refractivity contribution in [2.24, 2.45) is 0 Å². The van der Waals surface area contributed by atoms with Gasteiger partial charge in [0, 0.05) is 28.9 Å². The zero-order valence-electron chi connectivity index (χ0n) is 15.7. The molecule has 0 radical (unpaired) electrons. The monoisotopic (exact) mass is 396 g/mol. The second-order valence-electron chi connectivity index (χ2n) is 6.42. The second-order valence-corrected chi connectivity index (χ2v) is 6.83. The number of halogens is 1. The molecule has 2 aromatic carbocycles. The van der Waals surface area contributed by atoms with Crippen LogP contribution < -0.4 is 10.1 Å². The van der Waals surface area contributed by atoms with Gasteiger partial charge in [0.1, 0.15) is 5.75 Å². The first kappa shape index (κ1) is 19.9. The number of methoxy groups -OCH3 is 1. The predicted molar refractivity (Wildman–Crippen MR) is 110 cm³/mol. The summed E-state index contributed by atoms with van der Waals surface area (Å²) in [6.07, 6.45) is 3.27. The fourth-order valence-electron chi connectivity index (χ4n) is 2.95. The van der Waals surface area contributed by atoms with Crippen LogP contribution in [0.1, 0.15) is 27.0 Å². The number of benzene rings is 2. The van der Waals surface area contributed by atoms with Crippen LogP contribution in [0.25, 0.3) is 11.1 Å². The molecule has 0 atom stereocenters. The van der Waals surface area contributed by atoms with Crippen molar-refractivity contribution in [3.05, 3.63) is 82.1 Å². The van der Waals surface area contributed by atoms with Gasteiger partial charge >= 0.3 is 0 Å². The van der Waals surface area contributed by atoms with Crippen molar-refractivity contribution < 1.29 is 14.6 Å². The highest BCUT2D eigenvalue weighted by atomic mass is 35.5. The molecule has 3 aromatic rings. The first-order chi connectivity index (χ1) is 13.5. The number of rotatable bonds is 6. The number of nitrogens with zero attached hydrogens (tertiary/aromatic N) is 1. The average molecular weight is 397 g/mol. The summed E-state index contributed by atoms with van der Waals surface area (Å²) < 4.78 is 5.36. The second kappa shape index (κ2) is 8.87. The Balaban J connectivity index is 1.86. The van der Waals surface area contributed by atoms with Gasteiger partial charge in [-0.3, -0.25) is 9.78 Å². The summed E-state index contributed by atoms with van der Waals surface area (Å²) in [6.45, 7) is 2.14. The molecule has 0 fully saturated rings. The summed E-state index contributed by atoms with van der Waals surface area (Å²) in [6, 6.07) is 12.7. The van der Waals surface area contributed by atoms with Crippen LogP contribution in [0.15, 0.2) is 54.9 Å². The maximum atomic E-state index is 12.7. The van der Waals surface area contributed by atoms with Gasteiger partial charge in [0.05, 0.1) is 19.9 Å². The van der Waals surface area contributed by atoms with Gasteiger partial charge in [0.25, 0.3) is 5.91 Å². The van der Waals surface area contributed by atoms with Gasteiger partial charge in [-0.2, -0.15) is 0 Å². The van der Waals surface area contributed by atoms with Crippen molar-refractivity contribution in [1.29, 1.82) is 0 Å². The summed E-state index contributed by atoms with van der Waals surface area (Å²) in [7, 11) is 1.57. The van der Waals surface area contributed by atoms with E-state index in [-0.39, 0.29) is 12.5 Å². The third kappa shape index (κ3) is 4.50. The van der Waals surface area contributed by atoms with E-state index in [2.05, 4.69) is 10.3 Å². The van der Waals surface area contributed by atoms with Crippen molar-refractivity contribution in [2.75, 3.05) is 7.11 Å². The highest BCUT2D eigenvalue weighted by Crippen LogP contribution is 2.30. The molecule has 28 heavy (non-hydrogen) atoms. The Bertz CT molecular complexity index is 1000. The van der Waals surface area contributed by atoms with Crippen molar-refractivity contribution in [1.82, 2.24) is 10.3 Å². The van der Waals surface area contributed by atoms with Crippen LogP contribution >= 0.6 is 11.6 Å². The summed E-state index contributed by atoms with van der Waals surface area (Å²) in [5.74, 6) is 0.373. The van der Waals surface area contributed by atoms with Gasteiger partial charge < -0.3 is 15.2 Å². The van der Waals surface area contributed by atoms with Crippen molar-refractivity contribution >= 4 is 17.5 Å². The number of aryl methyl sites for hydroxylation is 1. The van der Waals surface area contributed by atoms with Crippen LogP contribution in [-0.2, 0) is 13.2 Å². The minimum absolute atomic E-state index is 0.169. The van der Waals surface area contributed by atoms with E-state index in [1.165, 1.54) is 0 Å². The maximum Gasteiger partial charge on any atom is 0.251 e. The van der Waals surface area contributed by atoms with E-state index in [0.717, 1.165) is 22.3 Å². The summed E-state index contributed by atoms with van der Waals surface area (Å²) in [5.41, 5.74) is 4.61. The molecule has 0 aliphatic rings. The van der Waals surface area contributed by atoms with Crippen molar-refractivity contribution in [3.8, 4) is 16.9 Å². The van der Waals surface area contributed by atoms with Gasteiger partial charge in [0.2, 0.25) is 0 Å². The molecule has 0 spiro atoms. The molecular formula is C22H21ClN2O3. The normalized spacial score (nSPS) is 10.6. The molecule has 1 aromatic heterocycles. The molecule has 3 rings (SSSR count). The number of carbonyl (C=O) groups is 1. The Labute approximate surface area is 169 Å². The Hall–Kier alpha value is -2.89. The molecular weight excluding hydrogens is 376 g/mol. The molecule has 1 heterocycles. The first-order valence-corrected chi connectivity index (χ1v) is 9.16. The van der Waals surface area contributed by atoms with E-state index in [1.54, 1.807) is 31.6 Å². The molecule has 0 bridgehead atoms. The lowest BCUT2D eigenvalue weighted by Crippen LogP contribution is -2.23. The number of ether oxygens (including phenoxy) is 1. The van der Waals surface area contributed by atoms with Crippen LogP contribution in [0.2, 0.25) is 5.02 Å². The molecule has 0 aliphatic carbocycles. The predicted octanol–water partition coefficient (Wildman–Crippen LogP) is 4.14. The Morgan fingerprint density at radius 2 is 2.00 bits per heavy atom. The molecule has 0 unspecified atom stereocenters. The van der Waals surface area contributed by atoms with Crippen LogP contribution in [0.5, 0.6) is 5.75 Å². The Morgan fingerprint density at radius 3 is 2.71 bits per heavy atom. The van der Waals surface area contributed by atoms with Crippen LogP contribution in [0.3, 0.4) is 0 Å². The quantitative estimate of drug-likeness (QED) is 0.656. The molecule has 144 valence electrons. The smallest absolute Gasteiger partial charge is 0.251 e. The third-order valence-corrected chi connectivity index (χ3v) is 4.85. The van der Waals surface area contributed by atoms with E-state index >= 15 is 0 Å². The van der Waals surface area contributed by atoms with Gasteiger partial charge in [0.15, 0.2) is 0 Å². The third-order valence-electron chi connectivity index (χ3n) is 4.43. The standard InChI is InChI=1S/C22H21ClN2O3/c1-14-7-15(3-4-20(14)23)11-25-22(27)18-9-16(13-26)8-17(10-18)19-5-6-24-12-21(19)28-2/h3-10,12,26H,11,13H2,1-2H3,(H,25,27). The maximum absolute atomic E-state index is 12.7. The highest BCUT2D eigenvalue weighted by molar-refractivity contribution is 6.31. The molecule has 2 N–H and O–H groups in total. The fourth-order valence-corrected chi connectivity index (χ4v) is 3.07. The number of amides is 1. The minimum Gasteiger partial charge on any atom is -0.494 e. The van der Waals surface area contributed by atoms with Gasteiger partial charge in [-0.25, -0.2) is 0 Å². The number of nitrogens with one attached hydrogen (secondary N) is 1. The number of aliphatic hydroxyl groups excluding tert-OH is 1. The number of pyridine rings is 1. The van der Waals surface area contributed by atoms with Crippen LogP contribution in [0, 0.1) is 6.92 Å². The Kier molecular flexibility index (Phi) is 6.29. The highest BCUT2D eigenvalue weighted by Gasteiger charge is 2.12. The molecule has 6 heteroatoms. The van der Waals surface area contributed by atoms with E-state index in [0.29, 0.717) is 28.4 Å². The van der Waals surface area contributed by atoms with E-state index in [4.69, 9.17) is 16.3 Å². The van der Waals surface area contributed by atoms with Gasteiger partial charge in [-0.15, -0.1) is 0 Å². The number of hydrogen-bond donors (Lipinski definition) is 2. The molecule has 0 saturated carbocycles. The van der Waals surface area contributed by atoms with E-state index in [9.17, 15) is 9.90 Å². The van der Waals surface area contributed by atoms with Gasteiger partial charge in [-0.1, -0.05) is 23.7 Å². The fraction of sp³-hybridized carbons (Fsp3) is 0.182. The largest absolute Gasteiger partial charge is 0.494 e. The minimum atomic E-state index is -0.225. The van der Waals surface area contributed by atoms with Crippen molar-refractivity contribution in [3.63, 3.8) is 0 Å². The molecule has 5 nitrogen and oxygen atoms in total. The zero-order valence-corrected chi connectivity index (χ0v) is 16.5.